The van der Waals surface area contributed by atoms with Crippen LogP contribution in [-0.2, 0) is 10.2 Å². The highest BCUT2D eigenvalue weighted by atomic mass is 16.5. The summed E-state index contributed by atoms with van der Waals surface area (Å²) in [6.07, 6.45) is 0.0953. The van der Waals surface area contributed by atoms with Crippen LogP contribution in [0.5, 0.6) is 5.75 Å². The SMILES string of the molecule is CC[C@@H](Oc1ccc(C(C)(C)C)cc1)C(=O)Nc1cc(C)ccc1C. The molecule has 0 saturated carbocycles. The third-order valence-corrected chi connectivity index (χ3v) is 4.31. The Kier molecular flexibility index (Phi) is 5.89. The van der Waals surface area contributed by atoms with Crippen LogP contribution in [0, 0.1) is 13.8 Å². The normalized spacial score (nSPS) is 12.6. The maximum absolute atomic E-state index is 12.6. The second kappa shape index (κ2) is 7.73. The minimum absolute atomic E-state index is 0.1000. The van der Waals surface area contributed by atoms with E-state index in [1.165, 1.54) is 5.56 Å². The number of hydrogen-bond acceptors (Lipinski definition) is 2. The zero-order valence-electron chi connectivity index (χ0n) is 16.1. The second-order valence-electron chi connectivity index (χ2n) is 7.60. The summed E-state index contributed by atoms with van der Waals surface area (Å²) in [5.74, 6) is 0.604. The Labute approximate surface area is 151 Å². The molecule has 2 aromatic carbocycles. The van der Waals surface area contributed by atoms with Gasteiger partial charge in [-0.05, 0) is 60.6 Å². The predicted molar refractivity (Wildman–Crippen MR) is 104 cm³/mol. The molecule has 0 aliphatic carbocycles. The lowest BCUT2D eigenvalue weighted by Crippen LogP contribution is -2.32. The van der Waals surface area contributed by atoms with E-state index in [-0.39, 0.29) is 11.3 Å². The van der Waals surface area contributed by atoms with Gasteiger partial charge >= 0.3 is 0 Å². The third kappa shape index (κ3) is 5.09. The summed E-state index contributed by atoms with van der Waals surface area (Å²) in [7, 11) is 0. The van der Waals surface area contributed by atoms with E-state index in [1.54, 1.807) is 0 Å². The number of carbonyl (C=O) groups is 1. The van der Waals surface area contributed by atoms with Crippen LogP contribution in [0.15, 0.2) is 42.5 Å². The molecule has 0 heterocycles. The summed E-state index contributed by atoms with van der Waals surface area (Å²) in [6.45, 7) is 12.5. The molecule has 1 N–H and O–H groups in total. The van der Waals surface area contributed by atoms with Crippen molar-refractivity contribution in [2.75, 3.05) is 5.32 Å². The van der Waals surface area contributed by atoms with E-state index in [0.29, 0.717) is 6.42 Å². The van der Waals surface area contributed by atoms with Gasteiger partial charge in [0.1, 0.15) is 5.75 Å². The Morgan fingerprint density at radius 1 is 1.08 bits per heavy atom. The van der Waals surface area contributed by atoms with Gasteiger partial charge in [0.05, 0.1) is 0 Å². The van der Waals surface area contributed by atoms with Crippen molar-refractivity contribution in [2.24, 2.45) is 0 Å². The Bertz CT molecular complexity index is 727. The molecule has 3 nitrogen and oxygen atoms in total. The molecule has 0 spiro atoms. The molecule has 1 amide bonds. The third-order valence-electron chi connectivity index (χ3n) is 4.31. The van der Waals surface area contributed by atoms with Crippen LogP contribution in [0.25, 0.3) is 0 Å². The zero-order chi connectivity index (χ0) is 18.6. The molecule has 0 aliphatic rings. The van der Waals surface area contributed by atoms with E-state index in [2.05, 4.69) is 38.2 Å². The molecule has 0 aliphatic heterocycles. The minimum Gasteiger partial charge on any atom is -0.481 e. The van der Waals surface area contributed by atoms with E-state index in [0.717, 1.165) is 22.6 Å². The van der Waals surface area contributed by atoms with Crippen molar-refractivity contribution in [3.05, 3.63) is 59.2 Å². The molecule has 3 heteroatoms. The van der Waals surface area contributed by atoms with Gasteiger partial charge in [-0.1, -0.05) is 52.0 Å². The van der Waals surface area contributed by atoms with E-state index in [1.807, 2.05) is 51.1 Å². The first-order valence-electron chi connectivity index (χ1n) is 8.86. The molecular weight excluding hydrogens is 310 g/mol. The number of carbonyl (C=O) groups excluding carboxylic acids is 1. The average Bonchev–Trinajstić information content (AvgIpc) is 2.55. The Morgan fingerprint density at radius 2 is 1.72 bits per heavy atom. The highest BCUT2D eigenvalue weighted by molar-refractivity contribution is 5.95. The molecule has 0 bridgehead atoms. The van der Waals surface area contributed by atoms with Crippen molar-refractivity contribution in [3.8, 4) is 5.75 Å². The summed E-state index contributed by atoms with van der Waals surface area (Å²) in [5, 5.41) is 2.99. The lowest BCUT2D eigenvalue weighted by atomic mass is 9.87. The number of aryl methyl sites for hydroxylation is 2. The van der Waals surface area contributed by atoms with Crippen molar-refractivity contribution in [1.29, 1.82) is 0 Å². The van der Waals surface area contributed by atoms with E-state index in [4.69, 9.17) is 4.74 Å². The van der Waals surface area contributed by atoms with Crippen LogP contribution in [0.2, 0.25) is 0 Å². The van der Waals surface area contributed by atoms with Crippen LogP contribution in [0.1, 0.15) is 50.8 Å². The van der Waals surface area contributed by atoms with Crippen molar-refractivity contribution in [3.63, 3.8) is 0 Å². The predicted octanol–water partition coefficient (Wildman–Crippen LogP) is 5.40. The molecule has 2 aromatic rings. The van der Waals surface area contributed by atoms with Crippen LogP contribution in [-0.4, -0.2) is 12.0 Å². The van der Waals surface area contributed by atoms with Gasteiger partial charge in [-0.3, -0.25) is 4.79 Å². The van der Waals surface area contributed by atoms with Gasteiger partial charge in [-0.2, -0.15) is 0 Å². The van der Waals surface area contributed by atoms with Gasteiger partial charge in [0.25, 0.3) is 5.91 Å². The average molecular weight is 339 g/mol. The molecule has 2 rings (SSSR count). The first kappa shape index (κ1) is 19.0. The number of amides is 1. The van der Waals surface area contributed by atoms with Gasteiger partial charge in [0.2, 0.25) is 0 Å². The molecule has 0 unspecified atom stereocenters. The van der Waals surface area contributed by atoms with Crippen LogP contribution >= 0.6 is 0 Å². The molecule has 0 fully saturated rings. The minimum atomic E-state index is -0.514. The first-order valence-corrected chi connectivity index (χ1v) is 8.86. The maximum Gasteiger partial charge on any atom is 0.265 e. The molecule has 0 radical (unpaired) electrons. The van der Waals surface area contributed by atoms with Crippen molar-refractivity contribution >= 4 is 11.6 Å². The summed E-state index contributed by atoms with van der Waals surface area (Å²) < 4.78 is 5.92. The monoisotopic (exact) mass is 339 g/mol. The smallest absolute Gasteiger partial charge is 0.265 e. The number of anilines is 1. The molecular formula is C22H29NO2. The molecule has 1 atom stereocenters. The summed E-state index contributed by atoms with van der Waals surface area (Å²) in [6, 6.07) is 14.0. The maximum atomic E-state index is 12.6. The molecule has 134 valence electrons. The van der Waals surface area contributed by atoms with Gasteiger partial charge in [-0.15, -0.1) is 0 Å². The molecule has 25 heavy (non-hydrogen) atoms. The second-order valence-corrected chi connectivity index (χ2v) is 7.60. The fourth-order valence-corrected chi connectivity index (χ4v) is 2.60. The fourth-order valence-electron chi connectivity index (χ4n) is 2.60. The van der Waals surface area contributed by atoms with Crippen molar-refractivity contribution in [2.45, 2.75) is 59.5 Å². The van der Waals surface area contributed by atoms with Gasteiger partial charge < -0.3 is 10.1 Å². The summed E-state index contributed by atoms with van der Waals surface area (Å²) >= 11 is 0. The van der Waals surface area contributed by atoms with E-state index >= 15 is 0 Å². The Hall–Kier alpha value is -2.29. The highest BCUT2D eigenvalue weighted by Gasteiger charge is 2.20. The standard InChI is InChI=1S/C22H29NO2/c1-7-20(21(24)23-19-14-15(2)8-9-16(19)3)25-18-12-10-17(11-13-18)22(4,5)6/h8-14,20H,7H2,1-6H3,(H,23,24)/t20-/m1/s1. The van der Waals surface area contributed by atoms with Gasteiger partial charge in [-0.25, -0.2) is 0 Å². The summed E-state index contributed by atoms with van der Waals surface area (Å²) in [5.41, 5.74) is 4.35. The van der Waals surface area contributed by atoms with E-state index < -0.39 is 6.10 Å². The first-order chi connectivity index (χ1) is 11.7. The lowest BCUT2D eigenvalue weighted by Gasteiger charge is -2.21. The Balaban J connectivity index is 2.08. The highest BCUT2D eigenvalue weighted by Crippen LogP contribution is 2.25. The molecule has 0 aromatic heterocycles. The van der Waals surface area contributed by atoms with Crippen molar-refractivity contribution < 1.29 is 9.53 Å². The van der Waals surface area contributed by atoms with Gasteiger partial charge in [0, 0.05) is 5.69 Å². The zero-order valence-corrected chi connectivity index (χ0v) is 16.1. The number of rotatable bonds is 5. The number of hydrogen-bond donors (Lipinski definition) is 1. The topological polar surface area (TPSA) is 38.3 Å². The van der Waals surface area contributed by atoms with Crippen molar-refractivity contribution in [1.82, 2.24) is 0 Å². The fraction of sp³-hybridized carbons (Fsp3) is 0.409. The van der Waals surface area contributed by atoms with Crippen LogP contribution in [0.4, 0.5) is 5.69 Å². The van der Waals surface area contributed by atoms with Crippen LogP contribution < -0.4 is 10.1 Å². The number of benzene rings is 2. The van der Waals surface area contributed by atoms with Crippen LogP contribution in [0.3, 0.4) is 0 Å². The number of nitrogens with one attached hydrogen (secondary N) is 1. The Morgan fingerprint density at radius 3 is 2.28 bits per heavy atom. The largest absolute Gasteiger partial charge is 0.481 e. The van der Waals surface area contributed by atoms with Gasteiger partial charge in [0.15, 0.2) is 6.10 Å². The number of ether oxygens (including phenoxy) is 1. The summed E-state index contributed by atoms with van der Waals surface area (Å²) in [4.78, 5) is 12.6. The lowest BCUT2D eigenvalue weighted by molar-refractivity contribution is -0.122. The molecule has 0 saturated heterocycles. The van der Waals surface area contributed by atoms with E-state index in [9.17, 15) is 4.79 Å². The quantitative estimate of drug-likeness (QED) is 0.792.